The third-order valence-electron chi connectivity index (χ3n) is 1.82. The lowest BCUT2D eigenvalue weighted by Gasteiger charge is -1.98. The highest BCUT2D eigenvalue weighted by Gasteiger charge is 1.99. The first-order valence-corrected chi connectivity index (χ1v) is 5.13. The van der Waals surface area contributed by atoms with Crippen molar-refractivity contribution in [3.63, 3.8) is 0 Å². The molecular weight excluding hydrogens is 208 g/mol. The van der Waals surface area contributed by atoms with Crippen LogP contribution in [0.4, 0.5) is 0 Å². The standard InChI is InChI=1S/C10H5ClN2.C2H6/c11-9-3-4-13-10-2-1-7(6-12)5-8(9)10;1-2/h1-5H;1-2H3. The first-order valence-electron chi connectivity index (χ1n) is 4.75. The van der Waals surface area contributed by atoms with Crippen LogP contribution in [0.15, 0.2) is 30.5 Å². The molecule has 76 valence electrons. The van der Waals surface area contributed by atoms with Gasteiger partial charge in [0, 0.05) is 11.6 Å². The Labute approximate surface area is 94.1 Å². The Morgan fingerprint density at radius 1 is 1.27 bits per heavy atom. The molecule has 0 atom stereocenters. The van der Waals surface area contributed by atoms with Gasteiger partial charge in [-0.3, -0.25) is 4.98 Å². The van der Waals surface area contributed by atoms with Crippen molar-refractivity contribution in [2.75, 3.05) is 0 Å². The van der Waals surface area contributed by atoms with Crippen molar-refractivity contribution in [1.29, 1.82) is 5.26 Å². The molecule has 15 heavy (non-hydrogen) atoms. The average molecular weight is 219 g/mol. The Kier molecular flexibility index (Phi) is 4.08. The average Bonchev–Trinajstić information content (AvgIpc) is 2.32. The van der Waals surface area contributed by atoms with Gasteiger partial charge in [-0.1, -0.05) is 25.4 Å². The van der Waals surface area contributed by atoms with Crippen molar-refractivity contribution < 1.29 is 0 Å². The molecule has 1 aromatic carbocycles. The van der Waals surface area contributed by atoms with Gasteiger partial charge in [-0.2, -0.15) is 5.26 Å². The number of hydrogen-bond acceptors (Lipinski definition) is 2. The maximum Gasteiger partial charge on any atom is 0.0991 e. The Morgan fingerprint density at radius 3 is 2.67 bits per heavy atom. The smallest absolute Gasteiger partial charge is 0.0991 e. The highest BCUT2D eigenvalue weighted by molar-refractivity contribution is 6.35. The number of halogens is 1. The fourth-order valence-corrected chi connectivity index (χ4v) is 1.39. The summed E-state index contributed by atoms with van der Waals surface area (Å²) in [5, 5.41) is 10.1. The van der Waals surface area contributed by atoms with Crippen LogP contribution < -0.4 is 0 Å². The zero-order valence-corrected chi connectivity index (χ0v) is 9.42. The summed E-state index contributed by atoms with van der Waals surface area (Å²) in [6, 6.07) is 9.03. The van der Waals surface area contributed by atoms with E-state index in [0.717, 1.165) is 10.9 Å². The van der Waals surface area contributed by atoms with E-state index in [1.807, 2.05) is 13.8 Å². The van der Waals surface area contributed by atoms with Gasteiger partial charge in [-0.25, -0.2) is 0 Å². The van der Waals surface area contributed by atoms with Gasteiger partial charge in [-0.05, 0) is 24.3 Å². The Bertz CT molecular complexity index is 500. The molecule has 0 amide bonds. The van der Waals surface area contributed by atoms with E-state index >= 15 is 0 Å². The normalized spacial score (nSPS) is 8.93. The van der Waals surface area contributed by atoms with Gasteiger partial charge in [0.25, 0.3) is 0 Å². The van der Waals surface area contributed by atoms with Gasteiger partial charge in [0.15, 0.2) is 0 Å². The van der Waals surface area contributed by atoms with E-state index in [2.05, 4.69) is 11.1 Å². The van der Waals surface area contributed by atoms with Gasteiger partial charge in [-0.15, -0.1) is 0 Å². The first kappa shape index (κ1) is 11.5. The van der Waals surface area contributed by atoms with Gasteiger partial charge in [0.05, 0.1) is 22.2 Å². The number of rotatable bonds is 0. The Balaban J connectivity index is 0.000000531. The third-order valence-corrected chi connectivity index (χ3v) is 2.15. The van der Waals surface area contributed by atoms with Crippen molar-refractivity contribution in [2.24, 2.45) is 0 Å². The molecule has 0 aliphatic carbocycles. The molecule has 0 N–H and O–H groups in total. The second kappa shape index (κ2) is 5.33. The predicted molar refractivity (Wildman–Crippen MR) is 62.8 cm³/mol. The van der Waals surface area contributed by atoms with E-state index in [-0.39, 0.29) is 0 Å². The minimum absolute atomic E-state index is 0.599. The van der Waals surface area contributed by atoms with Crippen LogP contribution in [0.2, 0.25) is 5.02 Å². The minimum atomic E-state index is 0.599. The minimum Gasteiger partial charge on any atom is -0.256 e. The number of fused-ring (bicyclic) bond motifs is 1. The second-order valence-electron chi connectivity index (χ2n) is 2.64. The van der Waals surface area contributed by atoms with Crippen molar-refractivity contribution in [3.8, 4) is 6.07 Å². The predicted octanol–water partition coefficient (Wildman–Crippen LogP) is 3.79. The van der Waals surface area contributed by atoms with Crippen molar-refractivity contribution in [1.82, 2.24) is 4.98 Å². The molecule has 0 bridgehead atoms. The lowest BCUT2D eigenvalue weighted by molar-refractivity contribution is 1.40. The fraction of sp³-hybridized carbons (Fsp3) is 0.167. The summed E-state index contributed by atoms with van der Waals surface area (Å²) in [5.74, 6) is 0. The van der Waals surface area contributed by atoms with Crippen molar-refractivity contribution >= 4 is 22.5 Å². The summed E-state index contributed by atoms with van der Waals surface area (Å²) in [5.41, 5.74) is 1.41. The summed E-state index contributed by atoms with van der Waals surface area (Å²) >= 11 is 5.94. The van der Waals surface area contributed by atoms with Crippen LogP contribution in [0, 0.1) is 11.3 Å². The fourth-order valence-electron chi connectivity index (χ4n) is 1.18. The van der Waals surface area contributed by atoms with E-state index in [1.165, 1.54) is 0 Å². The van der Waals surface area contributed by atoms with E-state index in [0.29, 0.717) is 10.6 Å². The maximum atomic E-state index is 8.67. The monoisotopic (exact) mass is 218 g/mol. The molecule has 0 unspecified atom stereocenters. The van der Waals surface area contributed by atoms with E-state index in [4.69, 9.17) is 16.9 Å². The molecule has 0 saturated carbocycles. The molecule has 0 fully saturated rings. The van der Waals surface area contributed by atoms with Crippen LogP contribution in [0.25, 0.3) is 10.9 Å². The first-order chi connectivity index (χ1) is 7.31. The topological polar surface area (TPSA) is 36.7 Å². The lowest BCUT2D eigenvalue weighted by atomic mass is 10.1. The molecular formula is C12H11ClN2. The van der Waals surface area contributed by atoms with Crippen LogP contribution in [-0.4, -0.2) is 4.98 Å². The van der Waals surface area contributed by atoms with Crippen LogP contribution >= 0.6 is 11.6 Å². The van der Waals surface area contributed by atoms with Gasteiger partial charge in [0.2, 0.25) is 0 Å². The van der Waals surface area contributed by atoms with Crippen LogP contribution in [-0.2, 0) is 0 Å². The number of pyridine rings is 1. The number of benzene rings is 1. The summed E-state index contributed by atoms with van der Waals surface area (Å²) in [6.45, 7) is 4.00. The Morgan fingerprint density at radius 2 is 2.00 bits per heavy atom. The molecule has 0 aliphatic rings. The van der Waals surface area contributed by atoms with Gasteiger partial charge in [0.1, 0.15) is 0 Å². The summed E-state index contributed by atoms with van der Waals surface area (Å²) in [4.78, 5) is 4.12. The van der Waals surface area contributed by atoms with Crippen LogP contribution in [0.3, 0.4) is 0 Å². The molecule has 0 spiro atoms. The Hall–Kier alpha value is -1.59. The third kappa shape index (κ3) is 2.45. The SMILES string of the molecule is CC.N#Cc1ccc2nccc(Cl)c2c1. The number of nitrogens with zero attached hydrogens (tertiary/aromatic N) is 2. The summed E-state index contributed by atoms with van der Waals surface area (Å²) in [6.07, 6.45) is 1.65. The molecule has 2 nitrogen and oxygen atoms in total. The molecule has 1 heterocycles. The number of nitriles is 1. The van der Waals surface area contributed by atoms with E-state index in [9.17, 15) is 0 Å². The van der Waals surface area contributed by atoms with Gasteiger partial charge >= 0.3 is 0 Å². The quantitative estimate of drug-likeness (QED) is 0.675. The number of hydrogen-bond donors (Lipinski definition) is 0. The molecule has 1 aromatic heterocycles. The molecule has 0 radical (unpaired) electrons. The lowest BCUT2D eigenvalue weighted by Crippen LogP contribution is -1.80. The molecule has 0 aliphatic heterocycles. The zero-order chi connectivity index (χ0) is 11.3. The molecule has 0 saturated heterocycles. The molecule has 3 heteroatoms. The maximum absolute atomic E-state index is 8.67. The zero-order valence-electron chi connectivity index (χ0n) is 8.66. The van der Waals surface area contributed by atoms with Crippen LogP contribution in [0.5, 0.6) is 0 Å². The summed E-state index contributed by atoms with van der Waals surface area (Å²) < 4.78 is 0. The van der Waals surface area contributed by atoms with E-state index < -0.39 is 0 Å². The largest absolute Gasteiger partial charge is 0.256 e. The van der Waals surface area contributed by atoms with Crippen molar-refractivity contribution in [3.05, 3.63) is 41.0 Å². The molecule has 2 aromatic rings. The summed E-state index contributed by atoms with van der Waals surface area (Å²) in [7, 11) is 0. The molecule has 2 rings (SSSR count). The van der Waals surface area contributed by atoms with Crippen molar-refractivity contribution in [2.45, 2.75) is 13.8 Å². The number of aromatic nitrogens is 1. The highest BCUT2D eigenvalue weighted by atomic mass is 35.5. The van der Waals surface area contributed by atoms with Crippen LogP contribution in [0.1, 0.15) is 19.4 Å². The van der Waals surface area contributed by atoms with E-state index in [1.54, 1.807) is 30.5 Å². The van der Waals surface area contributed by atoms with Gasteiger partial charge < -0.3 is 0 Å². The second-order valence-corrected chi connectivity index (χ2v) is 3.04. The highest BCUT2D eigenvalue weighted by Crippen LogP contribution is 2.21.